The number of carbonyl (C=O) groups excluding carboxylic acids is 2. The summed E-state index contributed by atoms with van der Waals surface area (Å²) in [6, 6.07) is 17.7. The van der Waals surface area contributed by atoms with Crippen molar-refractivity contribution < 1.29 is 9.59 Å². The van der Waals surface area contributed by atoms with Gasteiger partial charge in [0.15, 0.2) is 5.82 Å². The molecule has 0 unspecified atom stereocenters. The molecule has 1 heterocycles. The number of nitrogens with one attached hydrogen (secondary N) is 2. The molecule has 0 aliphatic carbocycles. The van der Waals surface area contributed by atoms with E-state index in [9.17, 15) is 9.59 Å². The van der Waals surface area contributed by atoms with Crippen LogP contribution in [0.5, 0.6) is 0 Å². The van der Waals surface area contributed by atoms with Gasteiger partial charge in [0.1, 0.15) is 5.69 Å². The summed E-state index contributed by atoms with van der Waals surface area (Å²) in [5, 5.41) is 5.28. The molecule has 0 fully saturated rings. The topological polar surface area (TPSA) is 84.0 Å². The van der Waals surface area contributed by atoms with Crippen LogP contribution in [0.15, 0.2) is 66.9 Å². The number of rotatable bonds is 4. The van der Waals surface area contributed by atoms with Gasteiger partial charge in [-0.15, -0.1) is 0 Å². The molecule has 2 aromatic carbocycles. The number of aromatic nitrogens is 2. The summed E-state index contributed by atoms with van der Waals surface area (Å²) in [5.41, 5.74) is 1.85. The Morgan fingerprint density at radius 3 is 2.36 bits per heavy atom. The maximum atomic E-state index is 12.5. The number of anilines is 1. The highest BCUT2D eigenvalue weighted by Crippen LogP contribution is 2.17. The van der Waals surface area contributed by atoms with Gasteiger partial charge in [-0.3, -0.25) is 9.59 Å². The monoisotopic (exact) mass is 332 g/mol. The molecule has 0 atom stereocenters. The van der Waals surface area contributed by atoms with Gasteiger partial charge in [0.2, 0.25) is 0 Å². The molecule has 0 bridgehead atoms. The lowest BCUT2D eigenvalue weighted by Crippen LogP contribution is -2.22. The minimum absolute atomic E-state index is 0.223. The standard InChI is InChI=1S/C19H16N4O2/c1-20-18(24)14-9-5-6-10-15(14)23-19(25)16-11-12-21-17(22-16)13-7-3-2-4-8-13/h2-12H,1H3,(H,20,24)(H,23,25). The highest BCUT2D eigenvalue weighted by Gasteiger charge is 2.14. The molecular weight excluding hydrogens is 316 g/mol. The molecule has 0 saturated carbocycles. The fourth-order valence-corrected chi connectivity index (χ4v) is 2.32. The molecule has 124 valence electrons. The van der Waals surface area contributed by atoms with Gasteiger partial charge >= 0.3 is 0 Å². The molecule has 0 aliphatic heterocycles. The van der Waals surface area contributed by atoms with Gasteiger partial charge < -0.3 is 10.6 Å². The number of para-hydroxylation sites is 1. The van der Waals surface area contributed by atoms with Gasteiger partial charge in [0, 0.05) is 18.8 Å². The number of hydrogen-bond acceptors (Lipinski definition) is 4. The molecule has 3 aromatic rings. The SMILES string of the molecule is CNC(=O)c1ccccc1NC(=O)c1ccnc(-c2ccccc2)n1. The third-order valence-electron chi connectivity index (χ3n) is 3.57. The molecule has 3 rings (SSSR count). The summed E-state index contributed by atoms with van der Waals surface area (Å²) in [7, 11) is 1.54. The number of amides is 2. The molecule has 0 aliphatic rings. The Kier molecular flexibility index (Phi) is 4.80. The van der Waals surface area contributed by atoms with Gasteiger partial charge in [-0.2, -0.15) is 0 Å². The summed E-state index contributed by atoms with van der Waals surface area (Å²) < 4.78 is 0. The molecule has 0 saturated heterocycles. The van der Waals surface area contributed by atoms with Crippen molar-refractivity contribution >= 4 is 17.5 Å². The average molecular weight is 332 g/mol. The van der Waals surface area contributed by atoms with Crippen LogP contribution in [0.1, 0.15) is 20.8 Å². The normalized spacial score (nSPS) is 10.1. The van der Waals surface area contributed by atoms with Gasteiger partial charge in [0.05, 0.1) is 11.3 Å². The predicted octanol–water partition coefficient (Wildman–Crippen LogP) is 2.76. The van der Waals surface area contributed by atoms with Crippen molar-refractivity contribution in [1.82, 2.24) is 15.3 Å². The second-order valence-corrected chi connectivity index (χ2v) is 5.21. The lowest BCUT2D eigenvalue weighted by Gasteiger charge is -2.10. The fraction of sp³-hybridized carbons (Fsp3) is 0.0526. The average Bonchev–Trinajstić information content (AvgIpc) is 2.68. The Balaban J connectivity index is 1.87. The molecular formula is C19H16N4O2. The van der Waals surface area contributed by atoms with Crippen molar-refractivity contribution in [2.75, 3.05) is 12.4 Å². The Labute approximate surface area is 145 Å². The van der Waals surface area contributed by atoms with Crippen LogP contribution in [0.3, 0.4) is 0 Å². The molecule has 6 heteroatoms. The van der Waals surface area contributed by atoms with Gasteiger partial charge in [-0.25, -0.2) is 9.97 Å². The predicted molar refractivity (Wildman–Crippen MR) is 95.3 cm³/mol. The Morgan fingerprint density at radius 2 is 1.60 bits per heavy atom. The fourth-order valence-electron chi connectivity index (χ4n) is 2.32. The number of benzene rings is 2. The lowest BCUT2D eigenvalue weighted by molar-refractivity contribution is 0.0964. The van der Waals surface area contributed by atoms with E-state index < -0.39 is 5.91 Å². The van der Waals surface area contributed by atoms with E-state index in [1.807, 2.05) is 30.3 Å². The second-order valence-electron chi connectivity index (χ2n) is 5.21. The molecule has 6 nitrogen and oxygen atoms in total. The van der Waals surface area contributed by atoms with Crippen LogP contribution < -0.4 is 10.6 Å². The number of carbonyl (C=O) groups is 2. The molecule has 0 radical (unpaired) electrons. The summed E-state index contributed by atoms with van der Waals surface area (Å²) in [6.07, 6.45) is 1.54. The first-order valence-electron chi connectivity index (χ1n) is 7.70. The van der Waals surface area contributed by atoms with E-state index in [0.29, 0.717) is 17.1 Å². The summed E-state index contributed by atoms with van der Waals surface area (Å²) in [5.74, 6) is -0.215. The Bertz CT molecular complexity index is 910. The van der Waals surface area contributed by atoms with E-state index in [1.165, 1.54) is 19.3 Å². The third kappa shape index (κ3) is 3.69. The van der Waals surface area contributed by atoms with E-state index in [-0.39, 0.29) is 11.6 Å². The van der Waals surface area contributed by atoms with E-state index in [2.05, 4.69) is 20.6 Å². The molecule has 1 aromatic heterocycles. The largest absolute Gasteiger partial charge is 0.355 e. The zero-order valence-corrected chi connectivity index (χ0v) is 13.6. The summed E-state index contributed by atoms with van der Waals surface area (Å²) in [4.78, 5) is 32.9. The van der Waals surface area contributed by atoms with E-state index in [4.69, 9.17) is 0 Å². The van der Waals surface area contributed by atoms with Crippen molar-refractivity contribution in [3.63, 3.8) is 0 Å². The van der Waals surface area contributed by atoms with Gasteiger partial charge in [-0.05, 0) is 18.2 Å². The van der Waals surface area contributed by atoms with Crippen LogP contribution >= 0.6 is 0 Å². The quantitative estimate of drug-likeness (QED) is 0.769. The van der Waals surface area contributed by atoms with Crippen molar-refractivity contribution in [3.8, 4) is 11.4 Å². The summed E-state index contributed by atoms with van der Waals surface area (Å²) in [6.45, 7) is 0. The Hall–Kier alpha value is -3.54. The first kappa shape index (κ1) is 16.3. The van der Waals surface area contributed by atoms with Gasteiger partial charge in [-0.1, -0.05) is 42.5 Å². The number of hydrogen-bond donors (Lipinski definition) is 2. The highest BCUT2D eigenvalue weighted by atomic mass is 16.2. The van der Waals surface area contributed by atoms with Crippen LogP contribution in [0.2, 0.25) is 0 Å². The van der Waals surface area contributed by atoms with Crippen molar-refractivity contribution in [1.29, 1.82) is 0 Å². The van der Waals surface area contributed by atoms with Crippen LogP contribution in [-0.4, -0.2) is 28.8 Å². The third-order valence-corrected chi connectivity index (χ3v) is 3.57. The maximum Gasteiger partial charge on any atom is 0.274 e. The zero-order chi connectivity index (χ0) is 17.6. The molecule has 2 amide bonds. The van der Waals surface area contributed by atoms with Gasteiger partial charge in [0.25, 0.3) is 11.8 Å². The maximum absolute atomic E-state index is 12.5. The van der Waals surface area contributed by atoms with Crippen LogP contribution in [-0.2, 0) is 0 Å². The van der Waals surface area contributed by atoms with Crippen molar-refractivity contribution in [2.45, 2.75) is 0 Å². The molecule has 2 N–H and O–H groups in total. The van der Waals surface area contributed by atoms with E-state index >= 15 is 0 Å². The minimum atomic E-state index is -0.407. The van der Waals surface area contributed by atoms with E-state index in [0.717, 1.165) is 5.56 Å². The van der Waals surface area contributed by atoms with Crippen molar-refractivity contribution in [3.05, 3.63) is 78.1 Å². The first-order valence-corrected chi connectivity index (χ1v) is 7.70. The summed E-state index contributed by atoms with van der Waals surface area (Å²) >= 11 is 0. The highest BCUT2D eigenvalue weighted by molar-refractivity contribution is 6.08. The zero-order valence-electron chi connectivity index (χ0n) is 13.6. The van der Waals surface area contributed by atoms with E-state index in [1.54, 1.807) is 24.3 Å². The van der Waals surface area contributed by atoms with Crippen LogP contribution in [0.25, 0.3) is 11.4 Å². The minimum Gasteiger partial charge on any atom is -0.355 e. The lowest BCUT2D eigenvalue weighted by atomic mass is 10.1. The Morgan fingerprint density at radius 1 is 0.880 bits per heavy atom. The first-order chi connectivity index (χ1) is 12.2. The smallest absolute Gasteiger partial charge is 0.274 e. The molecule has 0 spiro atoms. The number of nitrogens with zero attached hydrogens (tertiary/aromatic N) is 2. The van der Waals surface area contributed by atoms with Crippen molar-refractivity contribution in [2.24, 2.45) is 0 Å². The second kappa shape index (κ2) is 7.35. The van der Waals surface area contributed by atoms with Crippen LogP contribution in [0, 0.1) is 0 Å². The molecule has 25 heavy (non-hydrogen) atoms. The van der Waals surface area contributed by atoms with Crippen LogP contribution in [0.4, 0.5) is 5.69 Å².